The lowest BCUT2D eigenvalue weighted by atomic mass is 9.43. The van der Waals surface area contributed by atoms with Crippen molar-refractivity contribution in [3.63, 3.8) is 0 Å². The Kier molecular flexibility index (Phi) is 5.31. The summed E-state index contributed by atoms with van der Waals surface area (Å²) in [6.45, 7) is 5.93. The molecule has 1 unspecified atom stereocenters. The van der Waals surface area contributed by atoms with E-state index < -0.39 is 28.8 Å². The third kappa shape index (κ3) is 2.78. The first-order valence-electron chi connectivity index (χ1n) is 11.3. The van der Waals surface area contributed by atoms with Crippen molar-refractivity contribution in [2.45, 2.75) is 65.4 Å². The van der Waals surface area contributed by atoms with Crippen LogP contribution in [0.15, 0.2) is 34.1 Å². The predicted octanol–water partition coefficient (Wildman–Crippen LogP) is 4.08. The molecule has 0 aromatic heterocycles. The normalized spacial score (nSPS) is 45.5. The molecule has 0 radical (unpaired) electrons. The van der Waals surface area contributed by atoms with Gasteiger partial charge in [0.25, 0.3) is 0 Å². The number of hydrogen-bond acceptors (Lipinski definition) is 6. The smallest absolute Gasteiger partial charge is 0.313 e. The zero-order valence-electron chi connectivity index (χ0n) is 18.5. The molecule has 7 nitrogen and oxygen atoms in total. The summed E-state index contributed by atoms with van der Waals surface area (Å²) < 4.78 is 0. The molecule has 4 rings (SSSR count). The van der Waals surface area contributed by atoms with Crippen LogP contribution in [0.2, 0.25) is 0 Å². The van der Waals surface area contributed by atoms with Crippen molar-refractivity contribution in [1.29, 1.82) is 0 Å². The van der Waals surface area contributed by atoms with E-state index >= 15 is 0 Å². The van der Waals surface area contributed by atoms with Crippen molar-refractivity contribution >= 4 is 17.9 Å². The molecule has 0 aromatic carbocycles. The van der Waals surface area contributed by atoms with Crippen LogP contribution in [-0.4, -0.2) is 44.6 Å². The Hall–Kier alpha value is -2.15. The number of allylic oxidation sites excluding steroid dienone is 4. The first-order valence-corrected chi connectivity index (χ1v) is 11.3. The largest absolute Gasteiger partial charge is 0.481 e. The molecule has 4 aliphatic carbocycles. The second-order valence-electron chi connectivity index (χ2n) is 10.4. The van der Waals surface area contributed by atoms with Crippen LogP contribution >= 0.6 is 0 Å². The molecule has 3 fully saturated rings. The van der Waals surface area contributed by atoms with Crippen molar-refractivity contribution in [3.8, 4) is 0 Å². The van der Waals surface area contributed by atoms with Gasteiger partial charge in [0.05, 0.1) is 18.0 Å². The average Bonchev–Trinajstić information content (AvgIpc) is 3.03. The summed E-state index contributed by atoms with van der Waals surface area (Å²) in [6.07, 6.45) is 11.8. The summed E-state index contributed by atoms with van der Waals surface area (Å²) in [5.74, 6) is -1.75. The Morgan fingerprint density at radius 2 is 2.03 bits per heavy atom. The topological polar surface area (TPSA) is 123 Å². The van der Waals surface area contributed by atoms with Gasteiger partial charge in [0, 0.05) is 16.7 Å². The van der Waals surface area contributed by atoms with Crippen LogP contribution in [0.25, 0.3) is 0 Å². The molecule has 7 heteroatoms. The molecule has 0 aromatic rings. The maximum Gasteiger partial charge on any atom is 0.313 e. The zero-order chi connectivity index (χ0) is 22.6. The maximum absolute atomic E-state index is 12.3. The number of rotatable bonds is 4. The number of fused-ring (bicyclic) bond motifs is 5. The summed E-state index contributed by atoms with van der Waals surface area (Å²) in [5.41, 5.74) is -0.0749. The van der Waals surface area contributed by atoms with E-state index in [1.807, 2.05) is 6.92 Å². The number of aliphatic carboxylic acids is 1. The molecule has 0 aliphatic heterocycles. The molecule has 0 bridgehead atoms. The highest BCUT2D eigenvalue weighted by atomic mass is 16.4. The number of oxime groups is 2. The fourth-order valence-electron chi connectivity index (χ4n) is 8.42. The van der Waals surface area contributed by atoms with Crippen LogP contribution in [0.3, 0.4) is 0 Å². The molecule has 0 saturated heterocycles. The second-order valence-corrected chi connectivity index (χ2v) is 10.4. The fourth-order valence-corrected chi connectivity index (χ4v) is 8.42. The number of nitrogens with zero attached hydrogens (tertiary/aromatic N) is 2. The molecule has 170 valence electrons. The number of carbonyl (C=O) groups is 1. The number of aliphatic hydroxyl groups is 1. The fraction of sp³-hybridized carbons (Fsp3) is 0.708. The van der Waals surface area contributed by atoms with E-state index in [1.54, 1.807) is 6.92 Å². The van der Waals surface area contributed by atoms with E-state index in [2.05, 4.69) is 35.5 Å². The van der Waals surface area contributed by atoms with Gasteiger partial charge in [0.15, 0.2) is 0 Å². The lowest BCUT2D eigenvalue weighted by Crippen LogP contribution is -2.61. The first kappa shape index (κ1) is 22.1. The quantitative estimate of drug-likeness (QED) is 0.232. The highest BCUT2D eigenvalue weighted by Crippen LogP contribution is 2.71. The predicted molar refractivity (Wildman–Crippen MR) is 116 cm³/mol. The molecule has 0 heterocycles. The van der Waals surface area contributed by atoms with Gasteiger partial charge < -0.3 is 20.6 Å². The Morgan fingerprint density at radius 3 is 2.68 bits per heavy atom. The minimum Gasteiger partial charge on any atom is -0.481 e. The van der Waals surface area contributed by atoms with Crippen LogP contribution in [0, 0.1) is 39.9 Å². The molecule has 31 heavy (non-hydrogen) atoms. The maximum atomic E-state index is 12.3. The summed E-state index contributed by atoms with van der Waals surface area (Å²) in [6, 6.07) is 0. The Balaban J connectivity index is 1.84. The molecule has 4 aliphatic rings. The number of hydrogen-bond donors (Lipinski definition) is 4. The molecular weight excluding hydrogens is 396 g/mol. The Labute approximate surface area is 183 Å². The van der Waals surface area contributed by atoms with Crippen LogP contribution in [0.1, 0.15) is 59.3 Å². The average molecular weight is 431 g/mol. The van der Waals surface area contributed by atoms with Gasteiger partial charge in [-0.25, -0.2) is 0 Å². The van der Waals surface area contributed by atoms with Gasteiger partial charge in [0.2, 0.25) is 0 Å². The van der Waals surface area contributed by atoms with E-state index in [1.165, 1.54) is 5.57 Å². The molecule has 4 N–H and O–H groups in total. The molecular formula is C24H34N2O5. The lowest BCUT2D eigenvalue weighted by Gasteiger charge is -2.61. The summed E-state index contributed by atoms with van der Waals surface area (Å²) >= 11 is 0. The van der Waals surface area contributed by atoms with Crippen LogP contribution in [0.4, 0.5) is 0 Å². The lowest BCUT2D eigenvalue weighted by molar-refractivity contribution is -0.152. The number of carboxylic acids is 1. The van der Waals surface area contributed by atoms with Gasteiger partial charge in [-0.05, 0) is 62.7 Å². The van der Waals surface area contributed by atoms with Crippen molar-refractivity contribution in [2.24, 2.45) is 50.2 Å². The minimum atomic E-state index is -1.14. The molecule has 8 atom stereocenters. The van der Waals surface area contributed by atoms with Gasteiger partial charge in [-0.3, -0.25) is 4.79 Å². The summed E-state index contributed by atoms with van der Waals surface area (Å²) in [7, 11) is 0. The highest BCUT2D eigenvalue weighted by molar-refractivity contribution is 6.00. The second kappa shape index (κ2) is 7.47. The Bertz CT molecular complexity index is 879. The van der Waals surface area contributed by atoms with Crippen molar-refractivity contribution in [2.75, 3.05) is 0 Å². The third-order valence-corrected chi connectivity index (χ3v) is 9.62. The minimum absolute atomic E-state index is 0.0825. The van der Waals surface area contributed by atoms with Crippen LogP contribution < -0.4 is 0 Å². The van der Waals surface area contributed by atoms with Gasteiger partial charge in [-0.2, -0.15) is 0 Å². The molecule has 0 amide bonds. The highest BCUT2D eigenvalue weighted by Gasteiger charge is 2.69. The van der Waals surface area contributed by atoms with Crippen LogP contribution in [0.5, 0.6) is 0 Å². The summed E-state index contributed by atoms with van der Waals surface area (Å²) in [5, 5.41) is 47.2. The van der Waals surface area contributed by atoms with E-state index in [-0.39, 0.29) is 23.2 Å². The van der Waals surface area contributed by atoms with Gasteiger partial charge in [-0.1, -0.05) is 42.8 Å². The monoisotopic (exact) mass is 430 g/mol. The van der Waals surface area contributed by atoms with Gasteiger partial charge in [0.1, 0.15) is 5.92 Å². The third-order valence-electron chi connectivity index (χ3n) is 9.62. The van der Waals surface area contributed by atoms with E-state index in [4.69, 9.17) is 0 Å². The van der Waals surface area contributed by atoms with Crippen LogP contribution in [-0.2, 0) is 4.79 Å². The Morgan fingerprint density at radius 1 is 1.29 bits per heavy atom. The van der Waals surface area contributed by atoms with Gasteiger partial charge >= 0.3 is 5.97 Å². The van der Waals surface area contributed by atoms with E-state index in [0.717, 1.165) is 31.9 Å². The molecule has 3 saturated carbocycles. The van der Waals surface area contributed by atoms with Gasteiger partial charge in [-0.15, -0.1) is 5.16 Å². The van der Waals surface area contributed by atoms with E-state index in [9.17, 15) is 25.4 Å². The zero-order valence-corrected chi connectivity index (χ0v) is 18.5. The SMILES string of the molecule is C/C(=N\O)[C@@]1(C(C=NO)C(=O)O)CC[C@H]2[C@@H]3CCC4=CCC=C[C@]4(C)[C@H]3[C@@H](O)C[C@@]21C. The first-order chi connectivity index (χ1) is 14.7. The number of aliphatic hydroxyl groups excluding tert-OH is 1. The van der Waals surface area contributed by atoms with Crippen molar-refractivity contribution in [1.82, 2.24) is 0 Å². The van der Waals surface area contributed by atoms with Crippen molar-refractivity contribution in [3.05, 3.63) is 23.8 Å². The summed E-state index contributed by atoms with van der Waals surface area (Å²) in [4.78, 5) is 12.3. The van der Waals surface area contributed by atoms with E-state index in [0.29, 0.717) is 18.6 Å². The standard InChI is InChI=1S/C24H34N2O5/c1-14(26-31)24(18(13-25-30)21(28)29)11-9-17-16-8-7-15-6-4-5-10-22(15,2)20(16)19(27)12-23(17,24)3/h5-6,10,13,16-20,27,30-31H,4,7-9,11-12H2,1-3H3,(H,28,29)/b25-13?,26-14+/t16-,17-,18?,19-,20+,22-,23-,24+/m0/s1. The van der Waals surface area contributed by atoms with Crippen molar-refractivity contribution < 1.29 is 25.4 Å². The molecule has 0 spiro atoms. The number of carboxylic acid groups (broad SMARTS) is 1.